The van der Waals surface area contributed by atoms with Crippen LogP contribution < -0.4 is 5.32 Å². The Bertz CT molecular complexity index is 584. The van der Waals surface area contributed by atoms with E-state index in [0.717, 1.165) is 0 Å². The summed E-state index contributed by atoms with van der Waals surface area (Å²) in [6.07, 6.45) is 0. The van der Waals surface area contributed by atoms with E-state index in [0.29, 0.717) is 16.8 Å². The Kier molecular flexibility index (Phi) is 3.80. The smallest absolute Gasteiger partial charge is 0.330 e. The molecule has 19 heavy (non-hydrogen) atoms. The molecule has 0 heterocycles. The van der Waals surface area contributed by atoms with Gasteiger partial charge in [-0.05, 0) is 24.6 Å². The number of carboxylic acids is 1. The van der Waals surface area contributed by atoms with Crippen molar-refractivity contribution in [2.75, 3.05) is 5.32 Å². The first kappa shape index (κ1) is 13.1. The predicted octanol–water partition coefficient (Wildman–Crippen LogP) is 3.37. The molecule has 0 aliphatic carbocycles. The maximum absolute atomic E-state index is 13.4. The van der Waals surface area contributed by atoms with Crippen molar-refractivity contribution in [1.29, 1.82) is 0 Å². The van der Waals surface area contributed by atoms with Crippen molar-refractivity contribution in [3.8, 4) is 0 Å². The molecule has 2 aromatic rings. The number of benzene rings is 2. The molecule has 0 bridgehead atoms. The van der Waals surface area contributed by atoms with E-state index >= 15 is 0 Å². The molecule has 0 fully saturated rings. The maximum atomic E-state index is 13.4. The van der Waals surface area contributed by atoms with E-state index in [2.05, 4.69) is 5.32 Å². The fourth-order valence-corrected chi connectivity index (χ4v) is 1.85. The van der Waals surface area contributed by atoms with Crippen LogP contribution in [-0.2, 0) is 4.79 Å². The van der Waals surface area contributed by atoms with Crippen LogP contribution in [-0.4, -0.2) is 11.1 Å². The first-order valence-electron chi connectivity index (χ1n) is 5.89. The average molecular weight is 259 g/mol. The monoisotopic (exact) mass is 259 g/mol. The predicted molar refractivity (Wildman–Crippen MR) is 71.6 cm³/mol. The van der Waals surface area contributed by atoms with Crippen LogP contribution in [0.5, 0.6) is 0 Å². The minimum absolute atomic E-state index is 0.359. The molecule has 0 aliphatic heterocycles. The summed E-state index contributed by atoms with van der Waals surface area (Å²) < 4.78 is 13.4. The molecule has 0 amide bonds. The average Bonchev–Trinajstić information content (AvgIpc) is 2.41. The van der Waals surface area contributed by atoms with Crippen LogP contribution in [0.25, 0.3) is 0 Å². The van der Waals surface area contributed by atoms with E-state index in [9.17, 15) is 14.3 Å². The van der Waals surface area contributed by atoms with Crippen LogP contribution in [0.15, 0.2) is 48.5 Å². The Morgan fingerprint density at radius 2 is 1.84 bits per heavy atom. The molecule has 98 valence electrons. The summed E-state index contributed by atoms with van der Waals surface area (Å²) in [5, 5.41) is 12.2. The zero-order valence-corrected chi connectivity index (χ0v) is 10.4. The van der Waals surface area contributed by atoms with Crippen molar-refractivity contribution < 1.29 is 14.3 Å². The summed E-state index contributed by atoms with van der Waals surface area (Å²) in [6.45, 7) is 1.61. The lowest BCUT2D eigenvalue weighted by Gasteiger charge is -2.17. The first-order chi connectivity index (χ1) is 9.09. The molecule has 0 spiro atoms. The fourth-order valence-electron chi connectivity index (χ4n) is 1.85. The van der Waals surface area contributed by atoms with Gasteiger partial charge in [-0.2, -0.15) is 0 Å². The Hall–Kier alpha value is -2.36. The zero-order chi connectivity index (χ0) is 13.8. The van der Waals surface area contributed by atoms with Crippen LogP contribution in [0, 0.1) is 12.7 Å². The third kappa shape index (κ3) is 2.91. The summed E-state index contributed by atoms with van der Waals surface area (Å²) in [4.78, 5) is 11.3. The minimum Gasteiger partial charge on any atom is -0.479 e. The highest BCUT2D eigenvalue weighted by Crippen LogP contribution is 2.24. The van der Waals surface area contributed by atoms with Gasteiger partial charge in [0.05, 0.1) is 0 Å². The highest BCUT2D eigenvalue weighted by molar-refractivity contribution is 5.79. The number of nitrogens with one attached hydrogen (secondary N) is 1. The lowest BCUT2D eigenvalue weighted by molar-refractivity contribution is -0.138. The Labute approximate surface area is 110 Å². The van der Waals surface area contributed by atoms with Crippen molar-refractivity contribution in [3.63, 3.8) is 0 Å². The van der Waals surface area contributed by atoms with Gasteiger partial charge in [0, 0.05) is 11.3 Å². The van der Waals surface area contributed by atoms with Gasteiger partial charge in [-0.3, -0.25) is 0 Å². The quantitative estimate of drug-likeness (QED) is 0.885. The lowest BCUT2D eigenvalue weighted by Crippen LogP contribution is -2.21. The van der Waals surface area contributed by atoms with Crippen molar-refractivity contribution in [2.45, 2.75) is 13.0 Å². The normalized spacial score (nSPS) is 11.9. The molecule has 1 unspecified atom stereocenters. The largest absolute Gasteiger partial charge is 0.479 e. The van der Waals surface area contributed by atoms with Crippen LogP contribution >= 0.6 is 0 Å². The number of carboxylic acid groups (broad SMARTS) is 1. The van der Waals surface area contributed by atoms with E-state index in [4.69, 9.17) is 0 Å². The molecule has 0 saturated heterocycles. The van der Waals surface area contributed by atoms with Crippen molar-refractivity contribution >= 4 is 11.7 Å². The highest BCUT2D eigenvalue weighted by atomic mass is 19.1. The third-order valence-corrected chi connectivity index (χ3v) is 2.95. The van der Waals surface area contributed by atoms with Crippen molar-refractivity contribution in [3.05, 3.63) is 65.5 Å². The van der Waals surface area contributed by atoms with Crippen LogP contribution in [0.3, 0.4) is 0 Å². The van der Waals surface area contributed by atoms with Crippen molar-refractivity contribution in [2.24, 2.45) is 0 Å². The third-order valence-electron chi connectivity index (χ3n) is 2.95. The molecule has 0 saturated carbocycles. The molecule has 2 aromatic carbocycles. The minimum atomic E-state index is -1.00. The molecule has 3 nitrogen and oxygen atoms in total. The van der Waals surface area contributed by atoms with Gasteiger partial charge in [-0.1, -0.05) is 36.4 Å². The molecule has 0 radical (unpaired) electrons. The Morgan fingerprint density at radius 1 is 1.16 bits per heavy atom. The van der Waals surface area contributed by atoms with Gasteiger partial charge < -0.3 is 10.4 Å². The highest BCUT2D eigenvalue weighted by Gasteiger charge is 2.20. The molecule has 0 aromatic heterocycles. The molecule has 2 N–H and O–H groups in total. The number of hydrogen-bond donors (Lipinski definition) is 2. The number of aliphatic carboxylic acids is 1. The Morgan fingerprint density at radius 3 is 2.47 bits per heavy atom. The van der Waals surface area contributed by atoms with Gasteiger partial charge in [0.2, 0.25) is 0 Å². The van der Waals surface area contributed by atoms with E-state index in [-0.39, 0.29) is 5.82 Å². The summed E-state index contributed by atoms with van der Waals surface area (Å²) in [6, 6.07) is 12.5. The van der Waals surface area contributed by atoms with Gasteiger partial charge in [0.25, 0.3) is 0 Å². The number of hydrogen-bond acceptors (Lipinski definition) is 2. The fraction of sp³-hybridized carbons (Fsp3) is 0.133. The van der Waals surface area contributed by atoms with Gasteiger partial charge in [-0.15, -0.1) is 0 Å². The molecule has 2 rings (SSSR count). The number of halogens is 1. The topological polar surface area (TPSA) is 49.3 Å². The second-order valence-electron chi connectivity index (χ2n) is 4.24. The molecular formula is C15H14FNO2. The molecule has 4 heteroatoms. The van der Waals surface area contributed by atoms with Crippen LogP contribution in [0.4, 0.5) is 10.1 Å². The van der Waals surface area contributed by atoms with E-state index in [1.807, 2.05) is 6.07 Å². The van der Waals surface area contributed by atoms with Crippen LogP contribution in [0.2, 0.25) is 0 Å². The van der Waals surface area contributed by atoms with E-state index in [1.165, 1.54) is 6.07 Å². The van der Waals surface area contributed by atoms with E-state index < -0.39 is 12.0 Å². The van der Waals surface area contributed by atoms with Gasteiger partial charge in [0.15, 0.2) is 6.04 Å². The number of anilines is 1. The SMILES string of the molecule is Cc1c(F)cccc1NC(C(=O)O)c1ccccc1. The van der Waals surface area contributed by atoms with Gasteiger partial charge in [-0.25, -0.2) is 9.18 Å². The molecule has 0 aliphatic rings. The van der Waals surface area contributed by atoms with Gasteiger partial charge in [0.1, 0.15) is 5.82 Å². The second kappa shape index (κ2) is 5.52. The zero-order valence-electron chi connectivity index (χ0n) is 10.4. The van der Waals surface area contributed by atoms with Crippen LogP contribution in [0.1, 0.15) is 17.2 Å². The Balaban J connectivity index is 2.32. The summed E-state index contributed by atoms with van der Waals surface area (Å²) >= 11 is 0. The number of rotatable bonds is 4. The standard InChI is InChI=1S/C15H14FNO2/c1-10-12(16)8-5-9-13(10)17-14(15(18)19)11-6-3-2-4-7-11/h2-9,14,17H,1H3,(H,18,19). The molecular weight excluding hydrogens is 245 g/mol. The molecule has 1 atom stereocenters. The second-order valence-corrected chi connectivity index (χ2v) is 4.24. The lowest BCUT2D eigenvalue weighted by atomic mass is 10.1. The maximum Gasteiger partial charge on any atom is 0.330 e. The van der Waals surface area contributed by atoms with Crippen molar-refractivity contribution in [1.82, 2.24) is 0 Å². The summed E-state index contributed by atoms with van der Waals surface area (Å²) in [5.41, 5.74) is 1.51. The summed E-state index contributed by atoms with van der Waals surface area (Å²) in [7, 11) is 0. The summed E-state index contributed by atoms with van der Waals surface area (Å²) in [5.74, 6) is -1.36. The van der Waals surface area contributed by atoms with Gasteiger partial charge >= 0.3 is 5.97 Å². The number of carbonyl (C=O) groups is 1. The van der Waals surface area contributed by atoms with E-state index in [1.54, 1.807) is 43.3 Å². The first-order valence-corrected chi connectivity index (χ1v) is 5.89.